The zero-order valence-electron chi connectivity index (χ0n) is 12.8. The van der Waals surface area contributed by atoms with Gasteiger partial charge in [0, 0.05) is 23.4 Å². The maximum absolute atomic E-state index is 11.8. The minimum atomic E-state index is -0.405. The lowest BCUT2D eigenvalue weighted by atomic mass is 10.1. The summed E-state index contributed by atoms with van der Waals surface area (Å²) in [6, 6.07) is 6.70. The van der Waals surface area contributed by atoms with Crippen molar-refractivity contribution in [1.82, 2.24) is 5.32 Å². The molecule has 1 N–H and O–H groups in total. The lowest BCUT2D eigenvalue weighted by Gasteiger charge is -2.18. The Balaban J connectivity index is 2.54. The van der Waals surface area contributed by atoms with E-state index in [0.29, 0.717) is 11.7 Å². The monoisotopic (exact) mass is 310 g/mol. The number of carbonyl (C=O) groups is 1. The number of non-ortho nitro benzene ring substituents is 1. The molecular formula is C15H22N2O3S. The van der Waals surface area contributed by atoms with Gasteiger partial charge in [-0.25, -0.2) is 0 Å². The number of carbonyl (C=O) groups excluding carboxylic acids is 1. The second-order valence-corrected chi connectivity index (χ2v) is 6.73. The van der Waals surface area contributed by atoms with Crippen molar-refractivity contribution in [2.45, 2.75) is 39.0 Å². The molecule has 2 unspecified atom stereocenters. The summed E-state index contributed by atoms with van der Waals surface area (Å²) in [5.74, 6) is 0.743. The van der Waals surface area contributed by atoms with Crippen LogP contribution in [0.15, 0.2) is 24.3 Å². The van der Waals surface area contributed by atoms with Crippen LogP contribution in [0.4, 0.5) is 5.69 Å². The Bertz CT molecular complexity index is 505. The first-order chi connectivity index (χ1) is 9.81. The first kappa shape index (κ1) is 17.5. The minimum absolute atomic E-state index is 0.00141. The summed E-state index contributed by atoms with van der Waals surface area (Å²) >= 11 is 1.48. The van der Waals surface area contributed by atoms with Crippen LogP contribution in [-0.4, -0.2) is 22.6 Å². The number of hydrogen-bond donors (Lipinski definition) is 1. The average molecular weight is 310 g/mol. The topological polar surface area (TPSA) is 72.2 Å². The first-order valence-electron chi connectivity index (χ1n) is 6.96. The summed E-state index contributed by atoms with van der Waals surface area (Å²) in [5.41, 5.74) is 0.941. The van der Waals surface area contributed by atoms with Crippen molar-refractivity contribution in [2.75, 3.05) is 5.75 Å². The van der Waals surface area contributed by atoms with Gasteiger partial charge in [0.2, 0.25) is 5.91 Å². The third-order valence-electron chi connectivity index (χ3n) is 3.40. The van der Waals surface area contributed by atoms with Crippen LogP contribution in [0.1, 0.15) is 38.5 Å². The van der Waals surface area contributed by atoms with Crippen LogP contribution in [0.5, 0.6) is 0 Å². The summed E-state index contributed by atoms with van der Waals surface area (Å²) in [5, 5.41) is 13.7. The van der Waals surface area contributed by atoms with Crippen molar-refractivity contribution in [1.29, 1.82) is 0 Å². The van der Waals surface area contributed by atoms with Gasteiger partial charge in [0.25, 0.3) is 5.69 Å². The highest BCUT2D eigenvalue weighted by atomic mass is 32.2. The zero-order chi connectivity index (χ0) is 16.0. The third-order valence-corrected chi connectivity index (χ3v) is 4.60. The number of thioether (sulfide) groups is 1. The standard InChI is InChI=1S/C15H22N2O3S/c1-10(2)11(3)16-15(18)9-21-12(4)13-6-5-7-14(8-13)17(19)20/h5-8,10-12H,9H2,1-4H3,(H,16,18). The Hall–Kier alpha value is -1.56. The highest BCUT2D eigenvalue weighted by molar-refractivity contribution is 8.00. The zero-order valence-corrected chi connectivity index (χ0v) is 13.6. The van der Waals surface area contributed by atoms with Crippen molar-refractivity contribution in [2.24, 2.45) is 5.92 Å². The van der Waals surface area contributed by atoms with Crippen molar-refractivity contribution < 1.29 is 9.72 Å². The van der Waals surface area contributed by atoms with Gasteiger partial charge in [0.15, 0.2) is 0 Å². The van der Waals surface area contributed by atoms with Crippen LogP contribution in [0, 0.1) is 16.0 Å². The lowest BCUT2D eigenvalue weighted by molar-refractivity contribution is -0.384. The molecule has 2 atom stereocenters. The van der Waals surface area contributed by atoms with Crippen LogP contribution in [-0.2, 0) is 4.79 Å². The van der Waals surface area contributed by atoms with Crippen LogP contribution in [0.3, 0.4) is 0 Å². The number of nitro groups is 1. The molecule has 0 bridgehead atoms. The molecule has 6 heteroatoms. The molecule has 0 saturated heterocycles. The fourth-order valence-corrected chi connectivity index (χ4v) is 2.47. The van der Waals surface area contributed by atoms with Gasteiger partial charge in [0.1, 0.15) is 0 Å². The molecule has 0 fully saturated rings. The molecule has 0 heterocycles. The summed E-state index contributed by atoms with van der Waals surface area (Å²) in [7, 11) is 0. The molecule has 1 aromatic rings. The maximum atomic E-state index is 11.8. The van der Waals surface area contributed by atoms with Crippen LogP contribution in [0.2, 0.25) is 0 Å². The van der Waals surface area contributed by atoms with Gasteiger partial charge < -0.3 is 5.32 Å². The molecule has 0 aliphatic heterocycles. The van der Waals surface area contributed by atoms with Crippen LogP contribution < -0.4 is 5.32 Å². The molecule has 1 aromatic carbocycles. The average Bonchev–Trinajstić information content (AvgIpc) is 2.44. The number of amides is 1. The molecule has 0 spiro atoms. The molecule has 0 saturated carbocycles. The van der Waals surface area contributed by atoms with E-state index in [1.54, 1.807) is 12.1 Å². The summed E-state index contributed by atoms with van der Waals surface area (Å²) in [6.45, 7) is 8.05. The molecule has 0 aromatic heterocycles. The molecule has 116 valence electrons. The van der Waals surface area contributed by atoms with Gasteiger partial charge in [-0.1, -0.05) is 26.0 Å². The number of rotatable bonds is 7. The number of hydrogen-bond acceptors (Lipinski definition) is 4. The Labute approximate surface area is 129 Å². The molecule has 0 aliphatic carbocycles. The molecule has 1 amide bonds. The van der Waals surface area contributed by atoms with E-state index < -0.39 is 4.92 Å². The second-order valence-electron chi connectivity index (χ2n) is 5.41. The molecule has 21 heavy (non-hydrogen) atoms. The number of nitro benzene ring substituents is 1. The van der Waals surface area contributed by atoms with Crippen molar-refractivity contribution in [3.8, 4) is 0 Å². The Kier molecular flexibility index (Phi) is 6.68. The van der Waals surface area contributed by atoms with Crippen molar-refractivity contribution in [3.05, 3.63) is 39.9 Å². The van der Waals surface area contributed by atoms with E-state index in [1.807, 2.05) is 19.9 Å². The number of nitrogens with zero attached hydrogens (tertiary/aromatic N) is 1. The van der Waals surface area contributed by atoms with Crippen molar-refractivity contribution >= 4 is 23.4 Å². The second kappa shape index (κ2) is 8.02. The van der Waals surface area contributed by atoms with E-state index in [0.717, 1.165) is 5.56 Å². The smallest absolute Gasteiger partial charge is 0.269 e. The van der Waals surface area contributed by atoms with E-state index in [1.165, 1.54) is 17.8 Å². The van der Waals surface area contributed by atoms with Crippen LogP contribution >= 0.6 is 11.8 Å². The van der Waals surface area contributed by atoms with E-state index in [-0.39, 0.29) is 22.9 Å². The third kappa shape index (κ3) is 5.75. The lowest BCUT2D eigenvalue weighted by Crippen LogP contribution is -2.37. The molecule has 0 radical (unpaired) electrons. The van der Waals surface area contributed by atoms with Gasteiger partial charge in [0.05, 0.1) is 10.7 Å². The predicted molar refractivity (Wildman–Crippen MR) is 86.4 cm³/mol. The van der Waals surface area contributed by atoms with Gasteiger partial charge in [-0.15, -0.1) is 11.8 Å². The summed E-state index contributed by atoms with van der Waals surface area (Å²) < 4.78 is 0. The van der Waals surface area contributed by atoms with Gasteiger partial charge in [-0.05, 0) is 25.3 Å². The number of nitrogens with one attached hydrogen (secondary N) is 1. The largest absolute Gasteiger partial charge is 0.353 e. The Morgan fingerprint density at radius 1 is 1.33 bits per heavy atom. The molecule has 0 aliphatic rings. The highest BCUT2D eigenvalue weighted by Gasteiger charge is 2.15. The number of benzene rings is 1. The summed E-state index contributed by atoms with van der Waals surface area (Å²) in [6.07, 6.45) is 0. The highest BCUT2D eigenvalue weighted by Crippen LogP contribution is 2.29. The quantitative estimate of drug-likeness (QED) is 0.617. The van der Waals surface area contributed by atoms with E-state index in [4.69, 9.17) is 0 Å². The van der Waals surface area contributed by atoms with Gasteiger partial charge in [-0.3, -0.25) is 14.9 Å². The van der Waals surface area contributed by atoms with E-state index in [9.17, 15) is 14.9 Å². The van der Waals surface area contributed by atoms with Crippen molar-refractivity contribution in [3.63, 3.8) is 0 Å². The summed E-state index contributed by atoms with van der Waals surface area (Å²) in [4.78, 5) is 22.2. The Morgan fingerprint density at radius 2 is 2.00 bits per heavy atom. The van der Waals surface area contributed by atoms with E-state index >= 15 is 0 Å². The molecular weight excluding hydrogens is 288 g/mol. The molecule has 5 nitrogen and oxygen atoms in total. The maximum Gasteiger partial charge on any atom is 0.269 e. The fourth-order valence-electron chi connectivity index (χ4n) is 1.65. The molecule has 1 rings (SSSR count). The predicted octanol–water partition coefficient (Wildman–Crippen LogP) is 3.55. The SMILES string of the molecule is CC(SCC(=O)NC(C)C(C)C)c1cccc([N+](=O)[O-])c1. The fraction of sp³-hybridized carbons (Fsp3) is 0.533. The minimum Gasteiger partial charge on any atom is -0.353 e. The van der Waals surface area contributed by atoms with Gasteiger partial charge >= 0.3 is 0 Å². The van der Waals surface area contributed by atoms with Gasteiger partial charge in [-0.2, -0.15) is 0 Å². The van der Waals surface area contributed by atoms with Crippen LogP contribution in [0.25, 0.3) is 0 Å². The Morgan fingerprint density at radius 3 is 2.57 bits per heavy atom. The first-order valence-corrected chi connectivity index (χ1v) is 8.01. The van der Waals surface area contributed by atoms with E-state index in [2.05, 4.69) is 19.2 Å². The normalized spacial score (nSPS) is 13.8.